The van der Waals surface area contributed by atoms with E-state index in [2.05, 4.69) is 31.9 Å². The predicted octanol–water partition coefficient (Wildman–Crippen LogP) is 5.50. The van der Waals surface area contributed by atoms with Crippen molar-refractivity contribution in [2.75, 3.05) is 0 Å². The molecule has 3 nitrogen and oxygen atoms in total. The SMILES string of the molecule is BrC1CC1Br.C1CCC(O[SiH](OC2CCCC2)OC2CCCC2)C1. The fourth-order valence-electron chi connectivity index (χ4n) is 3.78. The minimum Gasteiger partial charge on any atom is -0.373 e. The summed E-state index contributed by atoms with van der Waals surface area (Å²) in [6.45, 7) is 0. The Morgan fingerprint density at radius 3 is 1.00 bits per heavy atom. The van der Waals surface area contributed by atoms with Gasteiger partial charge in [0, 0.05) is 28.0 Å². The van der Waals surface area contributed by atoms with E-state index in [4.69, 9.17) is 13.3 Å². The predicted molar refractivity (Wildman–Crippen MR) is 107 cm³/mol. The van der Waals surface area contributed by atoms with Gasteiger partial charge in [0.15, 0.2) is 0 Å². The van der Waals surface area contributed by atoms with Crippen LogP contribution >= 0.6 is 31.9 Å². The fraction of sp³-hybridized carbons (Fsp3) is 1.00. The molecule has 4 saturated carbocycles. The minimum absolute atomic E-state index is 0.430. The van der Waals surface area contributed by atoms with Crippen molar-refractivity contribution >= 4 is 41.4 Å². The Kier molecular flexibility index (Phi) is 8.59. The normalized spacial score (nSPS) is 31.6. The van der Waals surface area contributed by atoms with Crippen LogP contribution in [0.4, 0.5) is 0 Å². The molecule has 0 aromatic rings. The molecular formula is C18H32Br2O3Si. The Morgan fingerprint density at radius 2 is 0.792 bits per heavy atom. The molecule has 0 N–H and O–H groups in total. The molecule has 140 valence electrons. The van der Waals surface area contributed by atoms with Gasteiger partial charge in [0.25, 0.3) is 0 Å². The fourth-order valence-corrected chi connectivity index (χ4v) is 7.04. The number of rotatable bonds is 6. The van der Waals surface area contributed by atoms with Crippen LogP contribution in [0.25, 0.3) is 0 Å². The zero-order chi connectivity index (χ0) is 16.8. The first-order chi connectivity index (χ1) is 11.7. The highest BCUT2D eigenvalue weighted by Gasteiger charge is 2.32. The smallest absolute Gasteiger partial charge is 0.373 e. The monoisotopic (exact) mass is 482 g/mol. The van der Waals surface area contributed by atoms with Crippen LogP contribution in [0.1, 0.15) is 83.5 Å². The first kappa shape index (κ1) is 19.8. The molecule has 6 heteroatoms. The molecule has 4 fully saturated rings. The van der Waals surface area contributed by atoms with Gasteiger partial charge in [0.1, 0.15) is 0 Å². The van der Waals surface area contributed by atoms with Gasteiger partial charge < -0.3 is 13.3 Å². The molecule has 0 heterocycles. The number of hydrogen-bond donors (Lipinski definition) is 0. The molecular weight excluding hydrogens is 452 g/mol. The molecule has 4 aliphatic carbocycles. The molecule has 2 unspecified atom stereocenters. The van der Waals surface area contributed by atoms with Gasteiger partial charge >= 0.3 is 9.53 Å². The van der Waals surface area contributed by atoms with Gasteiger partial charge in [-0.25, -0.2) is 0 Å². The third-order valence-electron chi connectivity index (χ3n) is 5.46. The van der Waals surface area contributed by atoms with Crippen molar-refractivity contribution < 1.29 is 13.3 Å². The van der Waals surface area contributed by atoms with Gasteiger partial charge in [-0.3, -0.25) is 0 Å². The van der Waals surface area contributed by atoms with Crippen molar-refractivity contribution in [3.05, 3.63) is 0 Å². The number of hydrogen-bond acceptors (Lipinski definition) is 3. The Bertz CT molecular complexity index is 307. The van der Waals surface area contributed by atoms with Crippen molar-refractivity contribution in [1.29, 1.82) is 0 Å². The summed E-state index contributed by atoms with van der Waals surface area (Å²) in [4.78, 5) is 1.56. The summed E-state index contributed by atoms with van der Waals surface area (Å²) in [5.41, 5.74) is 0. The maximum Gasteiger partial charge on any atom is 0.484 e. The lowest BCUT2D eigenvalue weighted by atomic mass is 10.3. The van der Waals surface area contributed by atoms with E-state index in [0.717, 1.165) is 9.65 Å². The van der Waals surface area contributed by atoms with Crippen LogP contribution < -0.4 is 0 Å². The molecule has 0 bridgehead atoms. The van der Waals surface area contributed by atoms with E-state index in [1.54, 1.807) is 0 Å². The second-order valence-electron chi connectivity index (χ2n) is 7.68. The van der Waals surface area contributed by atoms with Crippen LogP contribution in [-0.4, -0.2) is 37.5 Å². The van der Waals surface area contributed by atoms with Crippen LogP contribution in [-0.2, 0) is 13.3 Å². The van der Waals surface area contributed by atoms with Gasteiger partial charge in [-0.15, -0.1) is 0 Å². The van der Waals surface area contributed by atoms with Crippen molar-refractivity contribution in [3.8, 4) is 0 Å². The third kappa shape index (κ3) is 6.99. The molecule has 24 heavy (non-hydrogen) atoms. The molecule has 0 amide bonds. The van der Waals surface area contributed by atoms with Crippen LogP contribution in [0.5, 0.6) is 0 Å². The Labute approximate surface area is 165 Å². The summed E-state index contributed by atoms with van der Waals surface area (Å²) in [6, 6.07) is 0. The molecule has 0 saturated heterocycles. The Balaban J connectivity index is 0.000000290. The van der Waals surface area contributed by atoms with E-state index >= 15 is 0 Å². The van der Waals surface area contributed by atoms with E-state index in [-0.39, 0.29) is 0 Å². The van der Waals surface area contributed by atoms with E-state index in [1.165, 1.54) is 83.5 Å². The molecule has 4 aliphatic rings. The van der Waals surface area contributed by atoms with E-state index in [1.807, 2.05) is 0 Å². The second-order valence-corrected chi connectivity index (χ2v) is 11.4. The van der Waals surface area contributed by atoms with Crippen molar-refractivity contribution in [2.24, 2.45) is 0 Å². The lowest BCUT2D eigenvalue weighted by Gasteiger charge is -2.26. The molecule has 0 aromatic heterocycles. The van der Waals surface area contributed by atoms with Crippen molar-refractivity contribution in [3.63, 3.8) is 0 Å². The molecule has 0 aliphatic heterocycles. The highest BCUT2D eigenvalue weighted by molar-refractivity contribution is 9.12. The van der Waals surface area contributed by atoms with Gasteiger partial charge in [0.05, 0.1) is 0 Å². The van der Waals surface area contributed by atoms with Crippen molar-refractivity contribution in [2.45, 2.75) is 111 Å². The minimum atomic E-state index is -1.89. The van der Waals surface area contributed by atoms with E-state index < -0.39 is 9.53 Å². The quantitative estimate of drug-likeness (QED) is 0.368. The van der Waals surface area contributed by atoms with Gasteiger partial charge in [-0.2, -0.15) is 0 Å². The van der Waals surface area contributed by atoms with E-state index in [9.17, 15) is 0 Å². The maximum atomic E-state index is 6.23. The number of halogens is 2. The first-order valence-electron chi connectivity index (χ1n) is 9.95. The largest absolute Gasteiger partial charge is 0.484 e. The van der Waals surface area contributed by atoms with Crippen molar-refractivity contribution in [1.82, 2.24) is 0 Å². The second kappa shape index (κ2) is 10.4. The zero-order valence-electron chi connectivity index (χ0n) is 14.6. The number of alkyl halides is 2. The van der Waals surface area contributed by atoms with Gasteiger partial charge in [-0.05, 0) is 44.9 Å². The topological polar surface area (TPSA) is 27.7 Å². The standard InChI is InChI=1S/C15H28O3Si.C3H4Br2/c1-2-8-13(7-1)16-19(17-14-9-3-4-10-14)18-15-11-5-6-12-15;4-2-1-3(2)5/h13-15,19H,1-12H2;2-3H,1H2. The summed E-state index contributed by atoms with van der Waals surface area (Å²) in [5, 5.41) is 0. The first-order valence-corrected chi connectivity index (χ1v) is 13.2. The highest BCUT2D eigenvalue weighted by atomic mass is 79.9. The Hall–Kier alpha value is 1.06. The lowest BCUT2D eigenvalue weighted by molar-refractivity contribution is 0.0127. The summed E-state index contributed by atoms with van der Waals surface area (Å²) in [7, 11) is -1.89. The average Bonchev–Trinajstić information content (AvgIpc) is 3.13. The van der Waals surface area contributed by atoms with Gasteiger partial charge in [0.2, 0.25) is 0 Å². The average molecular weight is 484 g/mol. The Morgan fingerprint density at radius 1 is 0.542 bits per heavy atom. The summed E-state index contributed by atoms with van der Waals surface area (Å²) >= 11 is 6.80. The highest BCUT2D eigenvalue weighted by Crippen LogP contribution is 2.36. The van der Waals surface area contributed by atoms with Crippen LogP contribution in [0.3, 0.4) is 0 Å². The summed E-state index contributed by atoms with van der Waals surface area (Å²) in [6.07, 6.45) is 17.8. The molecule has 0 radical (unpaired) electrons. The zero-order valence-corrected chi connectivity index (χ0v) is 19.0. The summed E-state index contributed by atoms with van der Waals surface area (Å²) in [5.74, 6) is 0. The van der Waals surface area contributed by atoms with E-state index in [0.29, 0.717) is 18.3 Å². The summed E-state index contributed by atoms with van der Waals surface area (Å²) < 4.78 is 18.7. The lowest BCUT2D eigenvalue weighted by Crippen LogP contribution is -2.37. The van der Waals surface area contributed by atoms with Crippen LogP contribution in [0.2, 0.25) is 0 Å². The molecule has 2 atom stereocenters. The van der Waals surface area contributed by atoms with Gasteiger partial charge in [-0.1, -0.05) is 70.4 Å². The van der Waals surface area contributed by atoms with Crippen LogP contribution in [0, 0.1) is 0 Å². The molecule has 0 aromatic carbocycles. The van der Waals surface area contributed by atoms with Crippen LogP contribution in [0.15, 0.2) is 0 Å². The molecule has 0 spiro atoms. The maximum absolute atomic E-state index is 6.23. The molecule has 4 rings (SSSR count). The third-order valence-corrected chi connectivity index (χ3v) is 10.0.